The normalized spacial score (nSPS) is 17.4. The summed E-state index contributed by atoms with van der Waals surface area (Å²) in [7, 11) is 3.00. The third-order valence-corrected chi connectivity index (χ3v) is 4.31. The van der Waals surface area contributed by atoms with Crippen molar-refractivity contribution in [2.45, 2.75) is 19.8 Å². The van der Waals surface area contributed by atoms with Crippen LogP contribution in [0.4, 0.5) is 0 Å². The quantitative estimate of drug-likeness (QED) is 0.450. The molecule has 0 saturated heterocycles. The number of nitrogens with zero attached hydrogens (tertiary/aromatic N) is 1. The van der Waals surface area contributed by atoms with Crippen LogP contribution in [0, 0.1) is 17.2 Å². The molecule has 6 nitrogen and oxygen atoms in total. The maximum absolute atomic E-state index is 12.3. The Kier molecular flexibility index (Phi) is 6.22. The number of pyridine rings is 1. The maximum atomic E-state index is 12.3. The topological polar surface area (TPSA) is 92.1 Å². The molecule has 6 heteroatoms. The van der Waals surface area contributed by atoms with Gasteiger partial charge in [-0.15, -0.1) is 0 Å². The maximum Gasteiger partial charge on any atom is 0.313 e. The second kappa shape index (κ2) is 8.37. The third-order valence-electron chi connectivity index (χ3n) is 4.31. The highest BCUT2D eigenvalue weighted by Crippen LogP contribution is 2.34. The van der Waals surface area contributed by atoms with Gasteiger partial charge in [-0.25, -0.2) is 0 Å². The number of hydrogen-bond acceptors (Lipinski definition) is 6. The van der Waals surface area contributed by atoms with E-state index in [9.17, 15) is 9.59 Å². The molecule has 0 spiro atoms. The van der Waals surface area contributed by atoms with Gasteiger partial charge < -0.3 is 15.5 Å². The van der Waals surface area contributed by atoms with Crippen molar-refractivity contribution in [3.8, 4) is 0 Å². The summed E-state index contributed by atoms with van der Waals surface area (Å²) < 4.78 is 4.93. The second-order valence-corrected chi connectivity index (χ2v) is 6.03. The van der Waals surface area contributed by atoms with Crippen LogP contribution in [-0.2, 0) is 20.7 Å². The van der Waals surface area contributed by atoms with E-state index in [0.717, 1.165) is 23.3 Å². The van der Waals surface area contributed by atoms with Crippen LogP contribution < -0.4 is 5.32 Å². The Hall–Kier alpha value is -2.76. The Labute approximate surface area is 147 Å². The lowest BCUT2D eigenvalue weighted by atomic mass is 9.78. The van der Waals surface area contributed by atoms with Crippen LogP contribution in [0.2, 0.25) is 0 Å². The number of ether oxygens (including phenoxy) is 1. The van der Waals surface area contributed by atoms with Crippen LogP contribution in [0.1, 0.15) is 24.6 Å². The van der Waals surface area contributed by atoms with Gasteiger partial charge in [-0.3, -0.25) is 14.6 Å². The number of allylic oxidation sites excluding steroid dienone is 1. The molecule has 0 aromatic carbocycles. The molecule has 2 rings (SSSR count). The fourth-order valence-electron chi connectivity index (χ4n) is 2.97. The van der Waals surface area contributed by atoms with Gasteiger partial charge in [0.1, 0.15) is 0 Å². The van der Waals surface area contributed by atoms with Crippen molar-refractivity contribution in [2.24, 2.45) is 11.8 Å². The SMILES string of the molecule is CN/C=C\C(=O)C(=N)CC(C(=O)OC)C1=Cc2cccnc2CC1C. The molecule has 1 aliphatic carbocycles. The first-order chi connectivity index (χ1) is 12.0. The van der Waals surface area contributed by atoms with Gasteiger partial charge in [0.15, 0.2) is 0 Å². The van der Waals surface area contributed by atoms with Crippen molar-refractivity contribution in [3.63, 3.8) is 0 Å². The molecule has 2 unspecified atom stereocenters. The zero-order valence-corrected chi connectivity index (χ0v) is 14.7. The molecule has 25 heavy (non-hydrogen) atoms. The van der Waals surface area contributed by atoms with Crippen LogP contribution in [0.25, 0.3) is 6.08 Å². The highest BCUT2D eigenvalue weighted by molar-refractivity contribution is 6.43. The summed E-state index contributed by atoms with van der Waals surface area (Å²) in [6.07, 6.45) is 7.19. The summed E-state index contributed by atoms with van der Waals surface area (Å²) in [5, 5.41) is 10.7. The number of methoxy groups -OCH3 is 1. The molecule has 1 aromatic heterocycles. The third kappa shape index (κ3) is 4.41. The molecule has 1 aliphatic rings. The summed E-state index contributed by atoms with van der Waals surface area (Å²) in [5.41, 5.74) is 2.72. The number of aromatic nitrogens is 1. The van der Waals surface area contributed by atoms with Gasteiger partial charge in [-0.2, -0.15) is 0 Å². The van der Waals surface area contributed by atoms with Crippen LogP contribution in [0.5, 0.6) is 0 Å². The molecule has 0 fully saturated rings. The van der Waals surface area contributed by atoms with E-state index in [1.165, 1.54) is 19.4 Å². The Morgan fingerprint density at radius 2 is 2.28 bits per heavy atom. The summed E-state index contributed by atoms with van der Waals surface area (Å²) in [6.45, 7) is 2.02. The van der Waals surface area contributed by atoms with Gasteiger partial charge in [0, 0.05) is 37.6 Å². The van der Waals surface area contributed by atoms with E-state index in [1.54, 1.807) is 13.2 Å². The van der Waals surface area contributed by atoms with E-state index < -0.39 is 17.7 Å². The standard InChI is InChI=1S/C19H23N3O3/c1-12-9-17-13(5-4-7-22-17)10-14(12)15(19(24)25-3)11-16(20)18(23)6-8-21-2/h4-8,10,12,15,20-21H,9,11H2,1-3H3/b8-6-,20-16?. The first kappa shape index (κ1) is 18.6. The Balaban J connectivity index is 2.30. The molecule has 2 N–H and O–H groups in total. The van der Waals surface area contributed by atoms with Crippen LogP contribution in [0.15, 0.2) is 36.2 Å². The highest BCUT2D eigenvalue weighted by Gasteiger charge is 2.32. The van der Waals surface area contributed by atoms with E-state index in [2.05, 4.69) is 10.3 Å². The smallest absolute Gasteiger partial charge is 0.313 e. The first-order valence-electron chi connectivity index (χ1n) is 8.16. The summed E-state index contributed by atoms with van der Waals surface area (Å²) >= 11 is 0. The molecule has 0 saturated carbocycles. The van der Waals surface area contributed by atoms with Gasteiger partial charge >= 0.3 is 5.97 Å². The lowest BCUT2D eigenvalue weighted by Gasteiger charge is -2.27. The van der Waals surface area contributed by atoms with Gasteiger partial charge in [0.2, 0.25) is 5.78 Å². The zero-order valence-electron chi connectivity index (χ0n) is 14.7. The van der Waals surface area contributed by atoms with Crippen molar-refractivity contribution >= 4 is 23.5 Å². The molecule has 1 aromatic rings. The number of carbonyl (C=O) groups excluding carboxylic acids is 2. The van der Waals surface area contributed by atoms with E-state index in [4.69, 9.17) is 10.1 Å². The Morgan fingerprint density at radius 3 is 2.96 bits per heavy atom. The van der Waals surface area contributed by atoms with E-state index >= 15 is 0 Å². The van der Waals surface area contributed by atoms with Crippen molar-refractivity contribution in [1.29, 1.82) is 5.41 Å². The molecule has 132 valence electrons. The lowest BCUT2D eigenvalue weighted by molar-refractivity contribution is -0.144. The predicted molar refractivity (Wildman–Crippen MR) is 96.1 cm³/mol. The van der Waals surface area contributed by atoms with Crippen LogP contribution >= 0.6 is 0 Å². The minimum atomic E-state index is -0.646. The molecule has 0 radical (unpaired) electrons. The van der Waals surface area contributed by atoms with E-state index in [-0.39, 0.29) is 18.1 Å². The number of ketones is 1. The second-order valence-electron chi connectivity index (χ2n) is 6.03. The number of rotatable bonds is 7. The predicted octanol–water partition coefficient (Wildman–Crippen LogP) is 2.16. The number of esters is 1. The molecule has 1 heterocycles. The fourth-order valence-corrected chi connectivity index (χ4v) is 2.97. The molecule has 0 bridgehead atoms. The van der Waals surface area contributed by atoms with Gasteiger partial charge in [-0.05, 0) is 24.0 Å². The van der Waals surface area contributed by atoms with Crippen LogP contribution in [0.3, 0.4) is 0 Å². The zero-order chi connectivity index (χ0) is 18.4. The van der Waals surface area contributed by atoms with Gasteiger partial charge in [0.25, 0.3) is 0 Å². The highest BCUT2D eigenvalue weighted by atomic mass is 16.5. The number of carbonyl (C=O) groups is 2. The largest absolute Gasteiger partial charge is 0.469 e. The number of hydrogen-bond donors (Lipinski definition) is 2. The summed E-state index contributed by atoms with van der Waals surface area (Å²) in [6, 6.07) is 3.80. The molecule has 0 amide bonds. The minimum absolute atomic E-state index is 0.0192. The Morgan fingerprint density at radius 1 is 1.52 bits per heavy atom. The van der Waals surface area contributed by atoms with Crippen molar-refractivity contribution < 1.29 is 14.3 Å². The van der Waals surface area contributed by atoms with Gasteiger partial charge in [0.05, 0.1) is 18.7 Å². The van der Waals surface area contributed by atoms with E-state index in [0.29, 0.717) is 0 Å². The molecular formula is C19H23N3O3. The average Bonchev–Trinajstić information content (AvgIpc) is 2.62. The first-order valence-corrected chi connectivity index (χ1v) is 8.16. The van der Waals surface area contributed by atoms with Crippen LogP contribution in [-0.4, -0.2) is 36.6 Å². The average molecular weight is 341 g/mol. The van der Waals surface area contributed by atoms with Crippen molar-refractivity contribution in [3.05, 3.63) is 47.4 Å². The summed E-state index contributed by atoms with van der Waals surface area (Å²) in [4.78, 5) is 28.7. The fraction of sp³-hybridized carbons (Fsp3) is 0.368. The van der Waals surface area contributed by atoms with Crippen molar-refractivity contribution in [2.75, 3.05) is 14.2 Å². The monoisotopic (exact) mass is 341 g/mol. The number of nitrogens with one attached hydrogen (secondary N) is 2. The van der Waals surface area contributed by atoms with Crippen molar-refractivity contribution in [1.82, 2.24) is 10.3 Å². The number of fused-ring (bicyclic) bond motifs is 1. The molecule has 0 aliphatic heterocycles. The Bertz CT molecular complexity index is 737. The molecule has 2 atom stereocenters. The minimum Gasteiger partial charge on any atom is -0.469 e. The molecular weight excluding hydrogens is 318 g/mol. The van der Waals surface area contributed by atoms with Gasteiger partial charge in [-0.1, -0.05) is 24.6 Å². The summed E-state index contributed by atoms with van der Waals surface area (Å²) in [5.74, 6) is -1.41. The van der Waals surface area contributed by atoms with E-state index in [1.807, 2.05) is 25.1 Å². The lowest BCUT2D eigenvalue weighted by Crippen LogP contribution is -2.29.